The van der Waals surface area contributed by atoms with Gasteiger partial charge in [-0.2, -0.15) is 0 Å². The zero-order chi connectivity index (χ0) is 23.9. The molecular weight excluding hydrogens is 454 g/mol. The number of pyridine rings is 1. The molecule has 0 atom stereocenters. The van der Waals surface area contributed by atoms with Gasteiger partial charge >= 0.3 is 6.03 Å². The van der Waals surface area contributed by atoms with Crippen LogP contribution in [-0.4, -0.2) is 28.1 Å². The van der Waals surface area contributed by atoms with Crippen molar-refractivity contribution < 1.29 is 14.3 Å². The van der Waals surface area contributed by atoms with Crippen LogP contribution in [0.2, 0.25) is 5.02 Å². The molecule has 0 aliphatic heterocycles. The molecule has 2 heterocycles. The lowest BCUT2D eigenvalue weighted by Crippen LogP contribution is -2.19. The third-order valence-electron chi connectivity index (χ3n) is 4.80. The molecule has 0 bridgehead atoms. The molecule has 0 aliphatic carbocycles. The Hall–Kier alpha value is -4.17. The van der Waals surface area contributed by atoms with Crippen LogP contribution in [0, 0.1) is 0 Å². The Morgan fingerprint density at radius 3 is 2.47 bits per heavy atom. The molecule has 0 saturated carbocycles. The van der Waals surface area contributed by atoms with Crippen molar-refractivity contribution >= 4 is 29.0 Å². The highest BCUT2D eigenvalue weighted by molar-refractivity contribution is 6.30. The normalized spacial score (nSPS) is 10.4. The number of rotatable bonds is 7. The maximum Gasteiger partial charge on any atom is 0.323 e. The summed E-state index contributed by atoms with van der Waals surface area (Å²) >= 11 is 5.88. The number of benzene rings is 2. The van der Waals surface area contributed by atoms with Crippen molar-refractivity contribution in [3.05, 3.63) is 83.9 Å². The second kappa shape index (κ2) is 10.6. The van der Waals surface area contributed by atoms with Crippen LogP contribution in [0.4, 0.5) is 16.2 Å². The molecule has 2 aromatic carbocycles. The van der Waals surface area contributed by atoms with Gasteiger partial charge in [0.1, 0.15) is 5.82 Å². The number of anilines is 2. The minimum Gasteiger partial charge on any atom is -0.493 e. The monoisotopic (exact) mass is 475 g/mol. The number of nitrogens with one attached hydrogen (secondary N) is 2. The Balaban J connectivity index is 1.52. The van der Waals surface area contributed by atoms with Crippen molar-refractivity contribution in [3.63, 3.8) is 0 Å². The largest absolute Gasteiger partial charge is 0.493 e. The number of hydrogen-bond acceptors (Lipinski definition) is 6. The van der Waals surface area contributed by atoms with Crippen LogP contribution in [0.5, 0.6) is 17.4 Å². The Bertz CT molecular complexity index is 1300. The Morgan fingerprint density at radius 1 is 0.941 bits per heavy atom. The van der Waals surface area contributed by atoms with E-state index >= 15 is 0 Å². The molecule has 2 amide bonds. The van der Waals surface area contributed by atoms with Crippen molar-refractivity contribution in [2.45, 2.75) is 13.3 Å². The van der Waals surface area contributed by atoms with Crippen LogP contribution in [0.3, 0.4) is 0 Å². The van der Waals surface area contributed by atoms with Crippen molar-refractivity contribution in [1.82, 2.24) is 15.0 Å². The minimum atomic E-state index is -0.402. The summed E-state index contributed by atoms with van der Waals surface area (Å²) in [6.45, 7) is 2.00. The van der Waals surface area contributed by atoms with E-state index in [9.17, 15) is 4.79 Å². The first-order chi connectivity index (χ1) is 16.6. The molecule has 0 aliphatic rings. The van der Waals surface area contributed by atoms with Crippen LogP contribution in [-0.2, 0) is 6.42 Å². The van der Waals surface area contributed by atoms with Crippen LogP contribution in [0.1, 0.15) is 12.7 Å². The highest BCUT2D eigenvalue weighted by Crippen LogP contribution is 2.36. The van der Waals surface area contributed by atoms with E-state index < -0.39 is 6.03 Å². The second-order valence-electron chi connectivity index (χ2n) is 7.12. The van der Waals surface area contributed by atoms with Gasteiger partial charge in [0.05, 0.1) is 18.4 Å². The fourth-order valence-corrected chi connectivity index (χ4v) is 3.27. The summed E-state index contributed by atoms with van der Waals surface area (Å²) < 4.78 is 11.6. The standard InChI is InChI=1S/C25H22ClN5O3/c1-3-23-27-14-12-20(31-23)19-5-4-13-28-24(19)34-21-11-10-18(15-22(21)33-2)30-25(32)29-17-8-6-16(26)7-9-17/h4-15H,3H2,1-2H3,(H2,29,30,32). The van der Waals surface area contributed by atoms with E-state index in [1.54, 1.807) is 54.9 Å². The first kappa shape index (κ1) is 23.0. The molecule has 0 spiro atoms. The average molecular weight is 476 g/mol. The van der Waals surface area contributed by atoms with Gasteiger partial charge in [-0.1, -0.05) is 18.5 Å². The smallest absolute Gasteiger partial charge is 0.323 e. The topological polar surface area (TPSA) is 98.3 Å². The van der Waals surface area contributed by atoms with Crippen molar-refractivity contribution in [3.8, 4) is 28.6 Å². The summed E-state index contributed by atoms with van der Waals surface area (Å²) in [7, 11) is 1.52. The van der Waals surface area contributed by atoms with E-state index in [1.807, 2.05) is 25.1 Å². The van der Waals surface area contributed by atoms with E-state index in [4.69, 9.17) is 21.1 Å². The van der Waals surface area contributed by atoms with Gasteiger partial charge in [0.25, 0.3) is 0 Å². The molecule has 2 aromatic heterocycles. The Kier molecular flexibility index (Phi) is 7.19. The summed E-state index contributed by atoms with van der Waals surface area (Å²) in [5.41, 5.74) is 2.59. The highest BCUT2D eigenvalue weighted by Gasteiger charge is 2.14. The van der Waals surface area contributed by atoms with Crippen molar-refractivity contribution in [2.24, 2.45) is 0 Å². The van der Waals surface area contributed by atoms with Crippen molar-refractivity contribution in [2.75, 3.05) is 17.7 Å². The Morgan fingerprint density at radius 2 is 1.71 bits per heavy atom. The highest BCUT2D eigenvalue weighted by atomic mass is 35.5. The molecule has 172 valence electrons. The maximum absolute atomic E-state index is 12.3. The molecule has 0 fully saturated rings. The predicted molar refractivity (Wildman–Crippen MR) is 132 cm³/mol. The van der Waals surface area contributed by atoms with Crippen LogP contribution < -0.4 is 20.1 Å². The van der Waals surface area contributed by atoms with Gasteiger partial charge in [-0.3, -0.25) is 0 Å². The first-order valence-corrected chi connectivity index (χ1v) is 10.9. The number of ether oxygens (including phenoxy) is 2. The SMILES string of the molecule is CCc1nccc(-c2cccnc2Oc2ccc(NC(=O)Nc3ccc(Cl)cc3)cc2OC)n1. The van der Waals surface area contributed by atoms with Crippen LogP contribution in [0.15, 0.2) is 73.1 Å². The summed E-state index contributed by atoms with van der Waals surface area (Å²) in [4.78, 5) is 25.5. The molecule has 9 heteroatoms. The lowest BCUT2D eigenvalue weighted by Gasteiger charge is -2.14. The Labute approximate surface area is 202 Å². The number of carbonyl (C=O) groups excluding carboxylic acids is 1. The third-order valence-corrected chi connectivity index (χ3v) is 5.05. The lowest BCUT2D eigenvalue weighted by atomic mass is 10.2. The van der Waals surface area contributed by atoms with Gasteiger partial charge in [0.2, 0.25) is 5.88 Å². The van der Waals surface area contributed by atoms with Gasteiger partial charge in [-0.25, -0.2) is 19.7 Å². The fraction of sp³-hybridized carbons (Fsp3) is 0.120. The van der Waals surface area contributed by atoms with Gasteiger partial charge in [0, 0.05) is 41.3 Å². The molecule has 0 radical (unpaired) electrons. The van der Waals surface area contributed by atoms with Crippen LogP contribution in [0.25, 0.3) is 11.3 Å². The fourth-order valence-electron chi connectivity index (χ4n) is 3.15. The van der Waals surface area contributed by atoms with Crippen molar-refractivity contribution in [1.29, 1.82) is 0 Å². The quantitative estimate of drug-likeness (QED) is 0.330. The molecule has 34 heavy (non-hydrogen) atoms. The number of halogens is 1. The number of nitrogens with zero attached hydrogens (tertiary/aromatic N) is 3. The third kappa shape index (κ3) is 5.60. The molecule has 8 nitrogen and oxygen atoms in total. The van der Waals surface area contributed by atoms with Crippen LogP contribution >= 0.6 is 11.6 Å². The van der Waals surface area contributed by atoms with E-state index in [0.29, 0.717) is 39.5 Å². The number of aromatic nitrogens is 3. The number of carbonyl (C=O) groups is 1. The average Bonchev–Trinajstić information content (AvgIpc) is 2.86. The summed E-state index contributed by atoms with van der Waals surface area (Å²) in [5.74, 6) is 1.98. The summed E-state index contributed by atoms with van der Waals surface area (Å²) in [6.07, 6.45) is 4.08. The first-order valence-electron chi connectivity index (χ1n) is 10.5. The minimum absolute atomic E-state index is 0.378. The van der Waals surface area contributed by atoms with Gasteiger partial charge in [-0.05, 0) is 54.6 Å². The maximum atomic E-state index is 12.3. The van der Waals surface area contributed by atoms with Gasteiger partial charge in [-0.15, -0.1) is 0 Å². The predicted octanol–water partition coefficient (Wildman–Crippen LogP) is 6.20. The molecule has 4 aromatic rings. The van der Waals surface area contributed by atoms with Gasteiger partial charge in [0.15, 0.2) is 11.5 Å². The number of amides is 2. The zero-order valence-corrected chi connectivity index (χ0v) is 19.3. The number of urea groups is 1. The second-order valence-corrected chi connectivity index (χ2v) is 7.56. The summed E-state index contributed by atoms with van der Waals surface area (Å²) in [5, 5.41) is 6.10. The number of hydrogen-bond donors (Lipinski definition) is 2. The molecule has 4 rings (SSSR count). The molecule has 0 unspecified atom stereocenters. The molecular formula is C25H22ClN5O3. The zero-order valence-electron chi connectivity index (χ0n) is 18.6. The molecule has 0 saturated heterocycles. The van der Waals surface area contributed by atoms with E-state index in [-0.39, 0.29) is 0 Å². The lowest BCUT2D eigenvalue weighted by molar-refractivity contribution is 0.262. The summed E-state index contributed by atoms with van der Waals surface area (Å²) in [6, 6.07) is 17.0. The molecule has 2 N–H and O–H groups in total. The van der Waals surface area contributed by atoms with E-state index in [1.165, 1.54) is 7.11 Å². The number of aryl methyl sites for hydroxylation is 1. The van der Waals surface area contributed by atoms with E-state index in [0.717, 1.165) is 17.8 Å². The number of methoxy groups -OCH3 is 1. The van der Waals surface area contributed by atoms with Gasteiger partial charge < -0.3 is 20.1 Å². The van der Waals surface area contributed by atoms with E-state index in [2.05, 4.69) is 25.6 Å².